The number of rotatable bonds is 2. The van der Waals surface area contributed by atoms with Crippen LogP contribution in [0.25, 0.3) is 0 Å². The minimum atomic E-state index is -4.69. The van der Waals surface area contributed by atoms with Gasteiger partial charge >= 0.3 is 6.18 Å². The number of benzene rings is 2. The molecule has 0 radical (unpaired) electrons. The topological polar surface area (TPSA) is 20.2 Å². The van der Waals surface area contributed by atoms with Gasteiger partial charge in [0.05, 0.1) is 5.56 Å². The van der Waals surface area contributed by atoms with E-state index in [1.165, 1.54) is 6.07 Å². The summed E-state index contributed by atoms with van der Waals surface area (Å²) in [5.74, 6) is -2.00. The van der Waals surface area contributed by atoms with E-state index in [1.807, 2.05) is 0 Å². The first-order valence-corrected chi connectivity index (χ1v) is 6.07. The zero-order valence-corrected chi connectivity index (χ0v) is 11.0. The Morgan fingerprint density at radius 2 is 1.57 bits per heavy atom. The molecule has 2 aromatic carbocycles. The highest BCUT2D eigenvalue weighted by molar-refractivity contribution is 6.30. The normalized spacial score (nSPS) is 13.3. The molecule has 0 bridgehead atoms. The Kier molecular flexibility index (Phi) is 4.20. The Bertz CT molecular complexity index is 669. The number of halogens is 6. The summed E-state index contributed by atoms with van der Waals surface area (Å²) in [6.45, 7) is 0. The van der Waals surface area contributed by atoms with Crippen LogP contribution in [0, 0.1) is 11.6 Å². The number of alkyl halides is 3. The van der Waals surface area contributed by atoms with Crippen LogP contribution in [0.2, 0.25) is 5.02 Å². The molecule has 0 fully saturated rings. The molecule has 1 nitrogen and oxygen atoms in total. The molecular weight excluding hydrogens is 315 g/mol. The molecule has 0 saturated carbocycles. The number of hydrogen-bond donors (Lipinski definition) is 1. The molecule has 0 aromatic heterocycles. The van der Waals surface area contributed by atoms with Crippen LogP contribution in [0.15, 0.2) is 36.4 Å². The lowest BCUT2D eigenvalue weighted by Crippen LogP contribution is -2.10. The van der Waals surface area contributed by atoms with Gasteiger partial charge in [0.1, 0.15) is 17.7 Å². The molecule has 7 heteroatoms. The van der Waals surface area contributed by atoms with Crippen molar-refractivity contribution in [1.82, 2.24) is 0 Å². The zero-order valence-electron chi connectivity index (χ0n) is 10.3. The fourth-order valence-corrected chi connectivity index (χ4v) is 1.98. The van der Waals surface area contributed by atoms with E-state index in [1.54, 1.807) is 0 Å². The summed E-state index contributed by atoms with van der Waals surface area (Å²) >= 11 is 5.54. The van der Waals surface area contributed by atoms with E-state index in [-0.39, 0.29) is 10.6 Å². The van der Waals surface area contributed by atoms with Gasteiger partial charge in [0.15, 0.2) is 0 Å². The minimum Gasteiger partial charge on any atom is -0.383 e. The van der Waals surface area contributed by atoms with Crippen molar-refractivity contribution >= 4 is 11.6 Å². The van der Waals surface area contributed by atoms with Crippen LogP contribution in [-0.2, 0) is 6.18 Å². The Morgan fingerprint density at radius 3 is 2.14 bits per heavy atom. The summed E-state index contributed by atoms with van der Waals surface area (Å²) in [5, 5.41) is 9.99. The molecule has 1 unspecified atom stereocenters. The van der Waals surface area contributed by atoms with Gasteiger partial charge in [0, 0.05) is 16.1 Å². The first-order chi connectivity index (χ1) is 9.70. The molecule has 0 heterocycles. The Labute approximate surface area is 121 Å². The highest BCUT2D eigenvalue weighted by Gasteiger charge is 2.32. The van der Waals surface area contributed by atoms with Gasteiger partial charge < -0.3 is 5.11 Å². The third kappa shape index (κ3) is 3.33. The largest absolute Gasteiger partial charge is 0.416 e. The third-order valence-corrected chi connectivity index (χ3v) is 3.11. The van der Waals surface area contributed by atoms with Crippen molar-refractivity contribution in [2.75, 3.05) is 0 Å². The van der Waals surface area contributed by atoms with Crippen LogP contribution in [-0.4, -0.2) is 5.11 Å². The molecule has 2 aromatic rings. The molecular formula is C14H8ClF5O. The maximum atomic E-state index is 13.7. The quantitative estimate of drug-likeness (QED) is 0.793. The van der Waals surface area contributed by atoms with Crippen molar-refractivity contribution < 1.29 is 27.1 Å². The van der Waals surface area contributed by atoms with Crippen LogP contribution in [0.3, 0.4) is 0 Å². The molecule has 0 aliphatic carbocycles. The lowest BCUT2D eigenvalue weighted by Gasteiger charge is -2.15. The maximum Gasteiger partial charge on any atom is 0.416 e. The molecule has 0 aliphatic rings. The van der Waals surface area contributed by atoms with Crippen LogP contribution in [0.5, 0.6) is 0 Å². The van der Waals surface area contributed by atoms with Crippen molar-refractivity contribution in [1.29, 1.82) is 0 Å². The van der Waals surface area contributed by atoms with Crippen molar-refractivity contribution in [2.45, 2.75) is 12.3 Å². The molecule has 0 saturated heterocycles. The van der Waals surface area contributed by atoms with Gasteiger partial charge in [-0.3, -0.25) is 0 Å². The van der Waals surface area contributed by atoms with E-state index in [2.05, 4.69) is 0 Å². The van der Waals surface area contributed by atoms with Crippen molar-refractivity contribution in [3.05, 3.63) is 69.7 Å². The van der Waals surface area contributed by atoms with Crippen LogP contribution >= 0.6 is 11.6 Å². The van der Waals surface area contributed by atoms with Gasteiger partial charge in [0.2, 0.25) is 0 Å². The van der Waals surface area contributed by atoms with E-state index in [4.69, 9.17) is 11.6 Å². The van der Waals surface area contributed by atoms with E-state index in [9.17, 15) is 27.1 Å². The average Bonchev–Trinajstić information content (AvgIpc) is 2.37. The van der Waals surface area contributed by atoms with Gasteiger partial charge in [-0.05, 0) is 30.3 Å². The summed E-state index contributed by atoms with van der Waals surface area (Å²) < 4.78 is 65.1. The van der Waals surface area contributed by atoms with Gasteiger partial charge in [0.25, 0.3) is 0 Å². The first kappa shape index (κ1) is 15.7. The highest BCUT2D eigenvalue weighted by atomic mass is 35.5. The molecule has 1 N–H and O–H groups in total. The Morgan fingerprint density at radius 1 is 0.905 bits per heavy atom. The summed E-state index contributed by atoms with van der Waals surface area (Å²) in [6.07, 6.45) is -6.56. The van der Waals surface area contributed by atoms with E-state index in [0.717, 1.165) is 12.1 Å². The van der Waals surface area contributed by atoms with E-state index in [0.29, 0.717) is 18.2 Å². The standard InChI is InChI=1S/C14H8ClF5O/c15-8-2-3-9(12(17)6-8)13(21)10-5-7(14(18,19)20)1-4-11(10)16/h1-6,13,21H. The SMILES string of the molecule is OC(c1ccc(Cl)cc1F)c1cc(C(F)(F)F)ccc1F. The van der Waals surface area contributed by atoms with Crippen LogP contribution < -0.4 is 0 Å². The molecule has 2 rings (SSSR count). The van der Waals surface area contributed by atoms with Gasteiger partial charge in [-0.15, -0.1) is 0 Å². The summed E-state index contributed by atoms with van der Waals surface area (Å²) in [7, 11) is 0. The maximum absolute atomic E-state index is 13.7. The minimum absolute atomic E-state index is 0.0490. The first-order valence-electron chi connectivity index (χ1n) is 5.70. The van der Waals surface area contributed by atoms with E-state index >= 15 is 0 Å². The highest BCUT2D eigenvalue weighted by Crippen LogP contribution is 2.34. The van der Waals surface area contributed by atoms with Crippen molar-refractivity contribution in [2.24, 2.45) is 0 Å². The van der Waals surface area contributed by atoms with Crippen molar-refractivity contribution in [3.63, 3.8) is 0 Å². The second-order valence-corrected chi connectivity index (χ2v) is 4.74. The zero-order chi connectivity index (χ0) is 15.8. The number of aliphatic hydroxyl groups is 1. The lowest BCUT2D eigenvalue weighted by molar-refractivity contribution is -0.137. The molecule has 112 valence electrons. The fourth-order valence-electron chi connectivity index (χ4n) is 1.82. The second-order valence-electron chi connectivity index (χ2n) is 4.30. The van der Waals surface area contributed by atoms with E-state index < -0.39 is 35.0 Å². The second kappa shape index (κ2) is 5.61. The lowest BCUT2D eigenvalue weighted by atomic mass is 9.98. The Balaban J connectivity index is 2.50. The van der Waals surface area contributed by atoms with Crippen LogP contribution in [0.1, 0.15) is 22.8 Å². The number of hydrogen-bond acceptors (Lipinski definition) is 1. The molecule has 0 aliphatic heterocycles. The monoisotopic (exact) mass is 322 g/mol. The van der Waals surface area contributed by atoms with Crippen LogP contribution in [0.4, 0.5) is 22.0 Å². The summed E-state index contributed by atoms with van der Waals surface area (Å²) in [4.78, 5) is 0. The Hall–Kier alpha value is -1.66. The number of aliphatic hydroxyl groups excluding tert-OH is 1. The predicted octanol–water partition coefficient (Wildman–Crippen LogP) is 4.72. The molecule has 21 heavy (non-hydrogen) atoms. The van der Waals surface area contributed by atoms with Gasteiger partial charge in [-0.2, -0.15) is 13.2 Å². The predicted molar refractivity (Wildman–Crippen MR) is 66.9 cm³/mol. The average molecular weight is 323 g/mol. The van der Waals surface area contributed by atoms with Crippen molar-refractivity contribution in [3.8, 4) is 0 Å². The van der Waals surface area contributed by atoms with Gasteiger partial charge in [-0.25, -0.2) is 8.78 Å². The fraction of sp³-hybridized carbons (Fsp3) is 0.143. The molecule has 0 amide bonds. The molecule has 0 spiro atoms. The third-order valence-electron chi connectivity index (χ3n) is 2.87. The summed E-state index contributed by atoms with van der Waals surface area (Å²) in [5.41, 5.74) is -2.16. The summed E-state index contributed by atoms with van der Waals surface area (Å²) in [6, 6.07) is 4.79. The smallest absolute Gasteiger partial charge is 0.383 e. The van der Waals surface area contributed by atoms with Gasteiger partial charge in [-0.1, -0.05) is 17.7 Å². The molecule has 1 atom stereocenters.